The Balaban J connectivity index is 1.66. The van der Waals surface area contributed by atoms with E-state index in [2.05, 4.69) is 34.7 Å². The molecule has 1 saturated carbocycles. The maximum atomic E-state index is 13.3. The molecule has 3 aromatic rings. The van der Waals surface area contributed by atoms with Crippen molar-refractivity contribution in [1.82, 2.24) is 19.7 Å². The summed E-state index contributed by atoms with van der Waals surface area (Å²) in [5.74, 6) is -0.396. The van der Waals surface area contributed by atoms with Gasteiger partial charge in [0.25, 0.3) is 11.5 Å². The lowest BCUT2D eigenvalue weighted by molar-refractivity contribution is 0.0936. The lowest BCUT2D eigenvalue weighted by Gasteiger charge is -2.38. The summed E-state index contributed by atoms with van der Waals surface area (Å²) in [6, 6.07) is 11.6. The smallest absolute Gasteiger partial charge is 0.351 e. The third kappa shape index (κ3) is 4.83. The van der Waals surface area contributed by atoms with Crippen molar-refractivity contribution < 1.29 is 9.59 Å². The van der Waals surface area contributed by atoms with Crippen LogP contribution in [0.4, 0.5) is 4.79 Å². The van der Waals surface area contributed by atoms with Gasteiger partial charge in [-0.1, -0.05) is 60.7 Å². The second-order valence-corrected chi connectivity index (χ2v) is 9.72. The lowest BCUT2D eigenvalue weighted by atomic mass is 9.69. The number of hydrogen-bond donors (Lipinski definition) is 2. The first-order valence-corrected chi connectivity index (χ1v) is 12.2. The largest absolute Gasteiger partial charge is 0.360 e. The quantitative estimate of drug-likeness (QED) is 0.545. The van der Waals surface area contributed by atoms with E-state index in [1.165, 1.54) is 42.7 Å². The number of halogens is 1. The maximum Gasteiger partial charge on any atom is 0.360 e. The van der Waals surface area contributed by atoms with Crippen LogP contribution in [0.15, 0.2) is 52.1 Å². The highest BCUT2D eigenvalue weighted by Crippen LogP contribution is 2.39. The standard InChI is InChI=1S/C26H28ClN5O4/c1-16-6-8-18(9-7-16)26(12-4-3-5-13-26)15-29-22(33)20-14-19(10-11-21(20)27)32-25(36)31(24(28)35)23(34)17(2)30-32/h6-11,14H,3-5,12-13,15H2,1-2H3,(H2,28,35)(H,29,33). The summed E-state index contributed by atoms with van der Waals surface area (Å²) >= 11 is 6.35. The Labute approximate surface area is 212 Å². The highest BCUT2D eigenvalue weighted by molar-refractivity contribution is 6.33. The SMILES string of the molecule is Cc1ccc(C2(CNC(=O)c3cc(-n4nc(C)c(=O)n(C(N)=O)c4=O)ccc3Cl)CCCCC2)cc1. The van der Waals surface area contributed by atoms with E-state index < -0.39 is 23.2 Å². The number of nitrogens with zero attached hydrogens (tertiary/aromatic N) is 3. The van der Waals surface area contributed by atoms with Gasteiger partial charge in [0.2, 0.25) is 0 Å². The molecular weight excluding hydrogens is 482 g/mol. The molecule has 36 heavy (non-hydrogen) atoms. The second kappa shape index (κ2) is 10.1. The van der Waals surface area contributed by atoms with Crippen LogP contribution in [0, 0.1) is 13.8 Å². The normalized spacial score (nSPS) is 14.9. The van der Waals surface area contributed by atoms with Crippen molar-refractivity contribution in [3.63, 3.8) is 0 Å². The van der Waals surface area contributed by atoms with Crippen LogP contribution in [0.1, 0.15) is 59.3 Å². The van der Waals surface area contributed by atoms with E-state index in [4.69, 9.17) is 17.3 Å². The van der Waals surface area contributed by atoms with Crippen molar-refractivity contribution in [3.8, 4) is 5.69 Å². The summed E-state index contributed by atoms with van der Waals surface area (Å²) in [5.41, 5.74) is 5.70. The topological polar surface area (TPSA) is 129 Å². The third-order valence-corrected chi connectivity index (χ3v) is 7.19. The molecule has 0 saturated heterocycles. The monoisotopic (exact) mass is 509 g/mol. The number of rotatable bonds is 5. The van der Waals surface area contributed by atoms with E-state index in [0.717, 1.165) is 30.4 Å². The molecule has 1 aliphatic rings. The molecule has 2 amide bonds. The molecule has 1 aliphatic carbocycles. The zero-order valence-corrected chi connectivity index (χ0v) is 21.0. The van der Waals surface area contributed by atoms with Crippen LogP contribution in [-0.4, -0.2) is 32.8 Å². The molecule has 188 valence electrons. The van der Waals surface area contributed by atoms with Crippen molar-refractivity contribution in [2.45, 2.75) is 51.4 Å². The fraction of sp³-hybridized carbons (Fsp3) is 0.346. The number of aryl methyl sites for hydroxylation is 2. The first-order valence-electron chi connectivity index (χ1n) is 11.8. The van der Waals surface area contributed by atoms with E-state index in [9.17, 15) is 19.2 Å². The van der Waals surface area contributed by atoms with E-state index in [1.54, 1.807) is 0 Å². The van der Waals surface area contributed by atoms with E-state index in [1.807, 2.05) is 6.92 Å². The first-order chi connectivity index (χ1) is 17.1. The Bertz CT molecular complexity index is 1440. The summed E-state index contributed by atoms with van der Waals surface area (Å²) in [6.45, 7) is 3.85. The number of nitrogens with two attached hydrogens (primary N) is 1. The molecule has 4 rings (SSSR count). The number of hydrogen-bond acceptors (Lipinski definition) is 5. The van der Waals surface area contributed by atoms with Gasteiger partial charge in [0.15, 0.2) is 0 Å². The Morgan fingerprint density at radius 3 is 2.36 bits per heavy atom. The van der Waals surface area contributed by atoms with Crippen LogP contribution < -0.4 is 22.3 Å². The van der Waals surface area contributed by atoms with Gasteiger partial charge in [0.05, 0.1) is 16.3 Å². The van der Waals surface area contributed by atoms with Gasteiger partial charge < -0.3 is 11.1 Å². The second-order valence-electron chi connectivity index (χ2n) is 9.31. The minimum Gasteiger partial charge on any atom is -0.351 e. The summed E-state index contributed by atoms with van der Waals surface area (Å²) in [7, 11) is 0. The Hall–Kier alpha value is -3.72. The third-order valence-electron chi connectivity index (χ3n) is 6.86. The van der Waals surface area contributed by atoms with E-state index in [-0.39, 0.29) is 27.4 Å². The minimum atomic E-state index is -1.22. The van der Waals surface area contributed by atoms with Gasteiger partial charge in [0.1, 0.15) is 5.69 Å². The molecule has 3 N–H and O–H groups in total. The van der Waals surface area contributed by atoms with Crippen LogP contribution in [0.3, 0.4) is 0 Å². The number of aromatic nitrogens is 3. The number of primary amides is 1. The molecule has 9 nitrogen and oxygen atoms in total. The molecule has 1 heterocycles. The number of nitrogens with one attached hydrogen (secondary N) is 1. The Morgan fingerprint density at radius 2 is 1.72 bits per heavy atom. The molecule has 0 radical (unpaired) electrons. The molecule has 10 heteroatoms. The molecule has 1 fully saturated rings. The van der Waals surface area contributed by atoms with Gasteiger partial charge in [-0.2, -0.15) is 14.3 Å². The van der Waals surface area contributed by atoms with Gasteiger partial charge >= 0.3 is 11.7 Å². The van der Waals surface area contributed by atoms with Crippen LogP contribution in [0.2, 0.25) is 5.02 Å². The molecule has 0 bridgehead atoms. The summed E-state index contributed by atoms with van der Waals surface area (Å²) in [6.07, 6.45) is 5.28. The van der Waals surface area contributed by atoms with E-state index in [0.29, 0.717) is 11.1 Å². The Kier molecular flexibility index (Phi) is 7.12. The van der Waals surface area contributed by atoms with Gasteiger partial charge in [0, 0.05) is 12.0 Å². The molecular formula is C26H28ClN5O4. The molecule has 0 spiro atoms. The van der Waals surface area contributed by atoms with Crippen molar-refractivity contribution in [2.75, 3.05) is 6.54 Å². The van der Waals surface area contributed by atoms with Crippen LogP contribution in [0.25, 0.3) is 5.69 Å². The molecule has 1 aromatic heterocycles. The maximum absolute atomic E-state index is 13.3. The highest BCUT2D eigenvalue weighted by atomic mass is 35.5. The zero-order chi connectivity index (χ0) is 26.0. The average Bonchev–Trinajstić information content (AvgIpc) is 2.86. The number of carbonyl (C=O) groups excluding carboxylic acids is 2. The molecule has 0 atom stereocenters. The van der Waals surface area contributed by atoms with Gasteiger partial charge in [-0.3, -0.25) is 9.59 Å². The highest BCUT2D eigenvalue weighted by Gasteiger charge is 2.34. The Morgan fingerprint density at radius 1 is 1.06 bits per heavy atom. The number of amides is 2. The fourth-order valence-electron chi connectivity index (χ4n) is 4.81. The van der Waals surface area contributed by atoms with Gasteiger partial charge in [-0.15, -0.1) is 0 Å². The predicted molar refractivity (Wildman–Crippen MR) is 137 cm³/mol. The van der Waals surface area contributed by atoms with Gasteiger partial charge in [-0.25, -0.2) is 9.59 Å². The van der Waals surface area contributed by atoms with Crippen molar-refractivity contribution in [1.29, 1.82) is 0 Å². The summed E-state index contributed by atoms with van der Waals surface area (Å²) in [5, 5.41) is 7.22. The molecule has 2 aromatic carbocycles. The van der Waals surface area contributed by atoms with Crippen molar-refractivity contribution in [3.05, 3.63) is 90.7 Å². The summed E-state index contributed by atoms with van der Waals surface area (Å²) in [4.78, 5) is 49.8. The predicted octanol–water partition coefficient (Wildman–Crippen LogP) is 3.22. The van der Waals surface area contributed by atoms with Crippen molar-refractivity contribution in [2.24, 2.45) is 5.73 Å². The number of benzene rings is 2. The average molecular weight is 510 g/mol. The van der Waals surface area contributed by atoms with Crippen LogP contribution in [0.5, 0.6) is 0 Å². The number of carbonyl (C=O) groups is 2. The molecule has 0 aliphatic heterocycles. The minimum absolute atomic E-state index is 0.105. The van der Waals surface area contributed by atoms with E-state index >= 15 is 0 Å². The van der Waals surface area contributed by atoms with Gasteiger partial charge in [-0.05, 0) is 50.5 Å². The summed E-state index contributed by atoms with van der Waals surface area (Å²) < 4.78 is 1.15. The first kappa shape index (κ1) is 25.4. The van der Waals surface area contributed by atoms with Crippen LogP contribution in [-0.2, 0) is 5.41 Å². The zero-order valence-electron chi connectivity index (χ0n) is 20.2. The fourth-order valence-corrected chi connectivity index (χ4v) is 5.01. The van der Waals surface area contributed by atoms with Crippen LogP contribution >= 0.6 is 11.6 Å². The lowest BCUT2D eigenvalue weighted by Crippen LogP contribution is -2.47. The molecule has 0 unspecified atom stereocenters. The van der Waals surface area contributed by atoms with Crippen molar-refractivity contribution >= 4 is 23.5 Å².